The lowest BCUT2D eigenvalue weighted by atomic mass is 10.0. The molecule has 0 amide bonds. The van der Waals surface area contributed by atoms with Crippen LogP contribution in [0, 0.1) is 20.8 Å². The number of nitrogens with zero attached hydrogens (tertiary/aromatic N) is 1. The molecule has 1 aromatic carbocycles. The number of aryl methyl sites for hydroxylation is 3. The molecule has 0 bridgehead atoms. The monoisotopic (exact) mass is 261 g/mol. The van der Waals surface area contributed by atoms with Gasteiger partial charge in [-0.2, -0.15) is 0 Å². The zero-order valence-corrected chi connectivity index (χ0v) is 11.7. The summed E-state index contributed by atoms with van der Waals surface area (Å²) in [4.78, 5) is 16.2. The van der Waals surface area contributed by atoms with E-state index in [2.05, 4.69) is 4.98 Å². The molecular weight excluding hydrogens is 246 g/mol. The Morgan fingerprint density at radius 2 is 1.94 bits per heavy atom. The third-order valence-electron chi connectivity index (χ3n) is 2.86. The number of aromatic nitrogens is 1. The molecule has 94 valence electrons. The van der Waals surface area contributed by atoms with Gasteiger partial charge in [0.15, 0.2) is 6.29 Å². The van der Waals surface area contributed by atoms with Crippen LogP contribution in [0.4, 0.5) is 0 Å². The van der Waals surface area contributed by atoms with Crippen LogP contribution in [0.5, 0.6) is 5.75 Å². The van der Waals surface area contributed by atoms with E-state index < -0.39 is 0 Å². The van der Waals surface area contributed by atoms with Crippen molar-refractivity contribution in [1.82, 2.24) is 4.98 Å². The number of benzene rings is 1. The van der Waals surface area contributed by atoms with E-state index in [4.69, 9.17) is 4.74 Å². The zero-order valence-electron chi connectivity index (χ0n) is 10.9. The lowest BCUT2D eigenvalue weighted by Crippen LogP contribution is -1.93. The van der Waals surface area contributed by atoms with Crippen molar-refractivity contribution >= 4 is 17.6 Å². The average molecular weight is 261 g/mol. The molecule has 2 rings (SSSR count). The molecule has 0 aliphatic rings. The summed E-state index contributed by atoms with van der Waals surface area (Å²) in [5.74, 6) is 0.857. The van der Waals surface area contributed by atoms with E-state index in [0.717, 1.165) is 39.4 Å². The Balaban J connectivity index is 2.63. The quantitative estimate of drug-likeness (QED) is 0.793. The largest absolute Gasteiger partial charge is 0.496 e. The maximum absolute atomic E-state index is 11.1. The molecule has 0 aliphatic heterocycles. The van der Waals surface area contributed by atoms with Crippen LogP contribution in [0.1, 0.15) is 25.8 Å². The number of carbonyl (C=O) groups is 1. The van der Waals surface area contributed by atoms with E-state index in [0.29, 0.717) is 4.88 Å². The first-order valence-corrected chi connectivity index (χ1v) is 6.46. The minimum absolute atomic E-state index is 0.681. The summed E-state index contributed by atoms with van der Waals surface area (Å²) in [6, 6.07) is 4.00. The molecule has 0 N–H and O–H groups in total. The van der Waals surface area contributed by atoms with Crippen molar-refractivity contribution in [3.8, 4) is 17.0 Å². The maximum Gasteiger partial charge on any atom is 0.162 e. The minimum atomic E-state index is 0.681. The highest BCUT2D eigenvalue weighted by Crippen LogP contribution is 2.33. The molecule has 0 spiro atoms. The molecule has 0 atom stereocenters. The Kier molecular flexibility index (Phi) is 3.48. The zero-order chi connectivity index (χ0) is 13.3. The fourth-order valence-corrected chi connectivity index (χ4v) is 2.74. The number of aldehydes is 1. The molecule has 3 nitrogen and oxygen atoms in total. The molecule has 1 aromatic heterocycles. The number of hydrogen-bond donors (Lipinski definition) is 0. The van der Waals surface area contributed by atoms with Gasteiger partial charge in [0.05, 0.1) is 22.7 Å². The van der Waals surface area contributed by atoms with Gasteiger partial charge in [-0.05, 0) is 44.0 Å². The smallest absolute Gasteiger partial charge is 0.162 e. The van der Waals surface area contributed by atoms with Crippen molar-refractivity contribution in [2.24, 2.45) is 0 Å². The number of rotatable bonds is 3. The van der Waals surface area contributed by atoms with Gasteiger partial charge in [-0.25, -0.2) is 4.98 Å². The number of hydrogen-bond acceptors (Lipinski definition) is 4. The third-order valence-corrected chi connectivity index (χ3v) is 3.76. The van der Waals surface area contributed by atoms with Crippen LogP contribution in [0.3, 0.4) is 0 Å². The van der Waals surface area contributed by atoms with Crippen LogP contribution in [0.2, 0.25) is 0 Å². The Labute approximate surface area is 110 Å². The Morgan fingerprint density at radius 3 is 2.56 bits per heavy atom. The van der Waals surface area contributed by atoms with E-state index in [-0.39, 0.29) is 0 Å². The molecule has 4 heteroatoms. The van der Waals surface area contributed by atoms with Crippen LogP contribution in [-0.2, 0) is 0 Å². The second-order valence-corrected chi connectivity index (χ2v) is 5.44. The Bertz CT molecular complexity index is 602. The highest BCUT2D eigenvalue weighted by Gasteiger charge is 2.14. The van der Waals surface area contributed by atoms with Gasteiger partial charge in [0.2, 0.25) is 0 Å². The first kappa shape index (κ1) is 12.8. The van der Waals surface area contributed by atoms with E-state index in [1.54, 1.807) is 7.11 Å². The third kappa shape index (κ3) is 2.16. The first-order valence-electron chi connectivity index (χ1n) is 5.65. The van der Waals surface area contributed by atoms with Crippen LogP contribution in [0.15, 0.2) is 12.1 Å². The predicted molar refractivity (Wildman–Crippen MR) is 73.7 cm³/mol. The standard InChI is InChI=1S/C14H15NO2S/c1-8-6-12(17-4)9(2)5-11(8)14-13(7-16)18-10(3)15-14/h5-7H,1-4H3. The predicted octanol–water partition coefficient (Wildman–Crippen LogP) is 3.56. The number of thiazole rings is 1. The lowest BCUT2D eigenvalue weighted by Gasteiger charge is -2.10. The van der Waals surface area contributed by atoms with Crippen molar-refractivity contribution < 1.29 is 9.53 Å². The second kappa shape index (κ2) is 4.90. The summed E-state index contributed by atoms with van der Waals surface area (Å²) in [6.07, 6.45) is 0.874. The lowest BCUT2D eigenvalue weighted by molar-refractivity contribution is 0.112. The van der Waals surface area contributed by atoms with Gasteiger partial charge >= 0.3 is 0 Å². The average Bonchev–Trinajstić information content (AvgIpc) is 2.72. The van der Waals surface area contributed by atoms with Crippen LogP contribution in [0.25, 0.3) is 11.3 Å². The highest BCUT2D eigenvalue weighted by atomic mass is 32.1. The fraction of sp³-hybridized carbons (Fsp3) is 0.286. The van der Waals surface area contributed by atoms with Gasteiger partial charge in [0.1, 0.15) is 5.75 Å². The molecule has 2 aromatic rings. The fourth-order valence-electron chi connectivity index (χ4n) is 1.98. The molecule has 0 saturated carbocycles. The van der Waals surface area contributed by atoms with Gasteiger partial charge in [0, 0.05) is 5.56 Å². The van der Waals surface area contributed by atoms with E-state index in [9.17, 15) is 4.79 Å². The van der Waals surface area contributed by atoms with Crippen molar-refractivity contribution in [2.45, 2.75) is 20.8 Å². The molecule has 0 saturated heterocycles. The van der Waals surface area contributed by atoms with Gasteiger partial charge in [-0.15, -0.1) is 11.3 Å². The Morgan fingerprint density at radius 1 is 1.22 bits per heavy atom. The van der Waals surface area contributed by atoms with Crippen LogP contribution >= 0.6 is 11.3 Å². The molecule has 1 heterocycles. The van der Waals surface area contributed by atoms with Gasteiger partial charge in [-0.3, -0.25) is 4.79 Å². The topological polar surface area (TPSA) is 39.2 Å². The molecule has 0 aliphatic carbocycles. The normalized spacial score (nSPS) is 10.4. The maximum atomic E-state index is 11.1. The molecule has 0 fully saturated rings. The van der Waals surface area contributed by atoms with Gasteiger partial charge in [-0.1, -0.05) is 0 Å². The van der Waals surface area contributed by atoms with E-state index in [1.165, 1.54) is 11.3 Å². The van der Waals surface area contributed by atoms with Crippen LogP contribution in [-0.4, -0.2) is 18.4 Å². The molecular formula is C14H15NO2S. The molecule has 0 unspecified atom stereocenters. The summed E-state index contributed by atoms with van der Waals surface area (Å²) in [6.45, 7) is 5.90. The number of ether oxygens (including phenoxy) is 1. The van der Waals surface area contributed by atoms with E-state index in [1.807, 2.05) is 32.9 Å². The van der Waals surface area contributed by atoms with Gasteiger partial charge in [0.25, 0.3) is 0 Å². The van der Waals surface area contributed by atoms with Crippen molar-refractivity contribution in [2.75, 3.05) is 7.11 Å². The van der Waals surface area contributed by atoms with Crippen molar-refractivity contribution in [3.63, 3.8) is 0 Å². The summed E-state index contributed by atoms with van der Waals surface area (Å²) in [5, 5.41) is 0.903. The Hall–Kier alpha value is -1.68. The summed E-state index contributed by atoms with van der Waals surface area (Å²) in [5.41, 5.74) is 3.88. The number of methoxy groups -OCH3 is 1. The molecule has 18 heavy (non-hydrogen) atoms. The van der Waals surface area contributed by atoms with Crippen LogP contribution < -0.4 is 4.74 Å². The van der Waals surface area contributed by atoms with Crippen molar-refractivity contribution in [3.05, 3.63) is 33.1 Å². The van der Waals surface area contributed by atoms with Crippen molar-refractivity contribution in [1.29, 1.82) is 0 Å². The summed E-state index contributed by atoms with van der Waals surface area (Å²) >= 11 is 1.42. The second-order valence-electron chi connectivity index (χ2n) is 4.20. The van der Waals surface area contributed by atoms with Gasteiger partial charge < -0.3 is 4.74 Å². The summed E-state index contributed by atoms with van der Waals surface area (Å²) < 4.78 is 5.29. The first-order chi connectivity index (χ1) is 8.56. The summed E-state index contributed by atoms with van der Waals surface area (Å²) in [7, 11) is 1.66. The number of carbonyl (C=O) groups excluding carboxylic acids is 1. The SMILES string of the molecule is COc1cc(C)c(-c2nc(C)sc2C=O)cc1C. The minimum Gasteiger partial charge on any atom is -0.496 e. The highest BCUT2D eigenvalue weighted by molar-refractivity contribution is 7.13. The van der Waals surface area contributed by atoms with E-state index >= 15 is 0 Å². The molecule has 0 radical (unpaired) electrons.